The van der Waals surface area contributed by atoms with Crippen molar-refractivity contribution in [1.82, 2.24) is 5.32 Å². The van der Waals surface area contributed by atoms with Crippen molar-refractivity contribution in [3.63, 3.8) is 0 Å². The van der Waals surface area contributed by atoms with Crippen LogP contribution in [0.25, 0.3) is 6.08 Å². The molecule has 0 fully saturated rings. The summed E-state index contributed by atoms with van der Waals surface area (Å²) in [5, 5.41) is 2.64. The fourth-order valence-corrected chi connectivity index (χ4v) is 2.69. The van der Waals surface area contributed by atoms with Crippen molar-refractivity contribution in [3.8, 4) is 0 Å². The predicted octanol–water partition coefficient (Wildman–Crippen LogP) is 1.25. The maximum atomic E-state index is 11.4. The molecule has 1 rings (SSSR count). The van der Waals surface area contributed by atoms with Gasteiger partial charge in [-0.2, -0.15) is 8.42 Å². The summed E-state index contributed by atoms with van der Waals surface area (Å²) < 4.78 is 30.9. The first kappa shape index (κ1) is 21.1. The van der Waals surface area contributed by atoms with Crippen molar-refractivity contribution in [2.75, 3.05) is 5.75 Å². The molecule has 1 amide bonds. The summed E-state index contributed by atoms with van der Waals surface area (Å²) in [6, 6.07) is 8.87. The Hall–Kier alpha value is -0.920. The van der Waals surface area contributed by atoms with Gasteiger partial charge in [0.1, 0.15) is 0 Å². The second-order valence-electron chi connectivity index (χ2n) is 4.73. The number of carbonyl (C=O) groups is 1. The standard InChI is InChI=1S/C15H19NO4S.Na.H/c1-3-15(17)16-14(12(2)11-21(18,19)20)10-9-13-7-5-4-6-8-13;;/h3-10,12,14H,1,11H2,2H3,(H,16,17)(H,18,19,20);;. The van der Waals surface area contributed by atoms with Gasteiger partial charge in [0.15, 0.2) is 0 Å². The van der Waals surface area contributed by atoms with Crippen molar-refractivity contribution < 1.29 is 17.8 Å². The molecule has 0 aliphatic heterocycles. The van der Waals surface area contributed by atoms with E-state index in [0.29, 0.717) is 0 Å². The number of nitrogens with one attached hydrogen (secondary N) is 1. The molecule has 22 heavy (non-hydrogen) atoms. The van der Waals surface area contributed by atoms with Crippen molar-refractivity contribution >= 4 is 51.7 Å². The molecular weight excluding hydrogens is 313 g/mol. The molecule has 0 aromatic heterocycles. The van der Waals surface area contributed by atoms with E-state index in [1.807, 2.05) is 30.3 Å². The SMILES string of the molecule is C=CC(=O)NC(C=Cc1ccccc1)C(C)CS(=O)(=O)O.[NaH]. The molecule has 7 heteroatoms. The van der Waals surface area contributed by atoms with Crippen molar-refractivity contribution in [2.45, 2.75) is 13.0 Å². The number of rotatable bonds is 7. The molecule has 0 heterocycles. The summed E-state index contributed by atoms with van der Waals surface area (Å²) in [5.74, 6) is -1.32. The van der Waals surface area contributed by atoms with Gasteiger partial charge in [0, 0.05) is 0 Å². The van der Waals surface area contributed by atoms with Crippen LogP contribution in [0.3, 0.4) is 0 Å². The van der Waals surface area contributed by atoms with Crippen LogP contribution in [0.5, 0.6) is 0 Å². The van der Waals surface area contributed by atoms with E-state index >= 15 is 0 Å². The average molecular weight is 333 g/mol. The first-order valence-corrected chi connectivity index (χ1v) is 8.04. The fraction of sp³-hybridized carbons (Fsp3) is 0.267. The Balaban J connectivity index is 0.00000441. The molecule has 116 valence electrons. The zero-order valence-corrected chi connectivity index (χ0v) is 12.6. The summed E-state index contributed by atoms with van der Waals surface area (Å²) in [5.41, 5.74) is 0.925. The molecule has 0 saturated carbocycles. The molecule has 1 aromatic carbocycles. The molecular formula is C15H20NNaO4S. The van der Waals surface area contributed by atoms with Gasteiger partial charge in [-0.3, -0.25) is 9.35 Å². The van der Waals surface area contributed by atoms with Crippen LogP contribution in [-0.4, -0.2) is 60.2 Å². The van der Waals surface area contributed by atoms with Crippen molar-refractivity contribution in [2.24, 2.45) is 5.92 Å². The minimum atomic E-state index is -4.10. The molecule has 0 saturated heterocycles. The van der Waals surface area contributed by atoms with Crippen LogP contribution in [0.15, 0.2) is 49.1 Å². The van der Waals surface area contributed by atoms with Gasteiger partial charge in [-0.1, -0.05) is 56.0 Å². The van der Waals surface area contributed by atoms with E-state index in [4.69, 9.17) is 4.55 Å². The van der Waals surface area contributed by atoms with Gasteiger partial charge in [-0.15, -0.1) is 0 Å². The number of benzene rings is 1. The Kier molecular flexibility index (Phi) is 9.55. The van der Waals surface area contributed by atoms with Gasteiger partial charge < -0.3 is 5.32 Å². The van der Waals surface area contributed by atoms with E-state index in [0.717, 1.165) is 11.6 Å². The molecule has 0 bridgehead atoms. The van der Waals surface area contributed by atoms with Gasteiger partial charge in [0.25, 0.3) is 10.1 Å². The predicted molar refractivity (Wildman–Crippen MR) is 90.3 cm³/mol. The Morgan fingerprint density at radius 3 is 2.45 bits per heavy atom. The molecule has 0 spiro atoms. The van der Waals surface area contributed by atoms with Crippen LogP contribution in [-0.2, 0) is 14.9 Å². The molecule has 2 atom stereocenters. The van der Waals surface area contributed by atoms with Gasteiger partial charge in [-0.25, -0.2) is 0 Å². The van der Waals surface area contributed by atoms with Crippen LogP contribution in [0.1, 0.15) is 12.5 Å². The van der Waals surface area contributed by atoms with Crippen molar-refractivity contribution in [1.29, 1.82) is 0 Å². The topological polar surface area (TPSA) is 83.5 Å². The van der Waals surface area contributed by atoms with Crippen LogP contribution in [0.2, 0.25) is 0 Å². The van der Waals surface area contributed by atoms with Gasteiger partial charge in [0.2, 0.25) is 5.91 Å². The Bertz CT molecular complexity index is 614. The normalized spacial score (nSPS) is 13.9. The van der Waals surface area contributed by atoms with Crippen LogP contribution in [0.4, 0.5) is 0 Å². The van der Waals surface area contributed by atoms with Gasteiger partial charge in [-0.05, 0) is 17.6 Å². The van der Waals surface area contributed by atoms with E-state index in [1.165, 1.54) is 0 Å². The fourth-order valence-electron chi connectivity index (χ4n) is 1.82. The third-order valence-corrected chi connectivity index (χ3v) is 3.82. The van der Waals surface area contributed by atoms with Gasteiger partial charge in [0.05, 0.1) is 11.8 Å². The summed E-state index contributed by atoms with van der Waals surface area (Å²) in [6.45, 7) is 5.00. The third kappa shape index (κ3) is 8.51. The number of hydrogen-bond donors (Lipinski definition) is 2. The van der Waals surface area contributed by atoms with E-state index in [2.05, 4.69) is 11.9 Å². The zero-order valence-electron chi connectivity index (χ0n) is 11.8. The van der Waals surface area contributed by atoms with Crippen LogP contribution in [0, 0.1) is 5.92 Å². The van der Waals surface area contributed by atoms with Crippen molar-refractivity contribution in [3.05, 3.63) is 54.6 Å². The zero-order chi connectivity index (χ0) is 15.9. The maximum absolute atomic E-state index is 11.4. The summed E-state index contributed by atoms with van der Waals surface area (Å²) >= 11 is 0. The first-order valence-electron chi connectivity index (χ1n) is 6.43. The third-order valence-electron chi connectivity index (χ3n) is 2.88. The quantitative estimate of drug-likeness (QED) is 0.447. The van der Waals surface area contributed by atoms with E-state index in [1.54, 1.807) is 19.1 Å². The summed E-state index contributed by atoms with van der Waals surface area (Å²) in [4.78, 5) is 11.4. The Morgan fingerprint density at radius 1 is 1.36 bits per heavy atom. The molecule has 0 radical (unpaired) electrons. The number of carbonyl (C=O) groups excluding carboxylic acids is 1. The van der Waals surface area contributed by atoms with Crippen LogP contribution >= 0.6 is 0 Å². The van der Waals surface area contributed by atoms with E-state index in [9.17, 15) is 13.2 Å². The molecule has 5 nitrogen and oxygen atoms in total. The van der Waals surface area contributed by atoms with E-state index in [-0.39, 0.29) is 29.6 Å². The molecule has 0 aliphatic carbocycles. The first-order chi connectivity index (χ1) is 9.81. The molecule has 0 aliphatic rings. The number of amides is 1. The van der Waals surface area contributed by atoms with E-state index < -0.39 is 33.7 Å². The molecule has 2 unspecified atom stereocenters. The summed E-state index contributed by atoms with van der Waals surface area (Å²) in [7, 11) is -4.10. The molecule has 2 N–H and O–H groups in total. The molecule has 1 aromatic rings. The summed E-state index contributed by atoms with van der Waals surface area (Å²) in [6.07, 6.45) is 4.60. The number of hydrogen-bond acceptors (Lipinski definition) is 3. The second-order valence-corrected chi connectivity index (χ2v) is 6.23. The second kappa shape index (κ2) is 9.97. The average Bonchev–Trinajstić information content (AvgIpc) is 2.42. The Morgan fingerprint density at radius 2 is 1.95 bits per heavy atom. The Labute approximate surface area is 153 Å². The van der Waals surface area contributed by atoms with Gasteiger partial charge >= 0.3 is 29.6 Å². The monoisotopic (exact) mass is 333 g/mol. The minimum absolute atomic E-state index is 0. The van der Waals surface area contributed by atoms with Crippen LogP contribution < -0.4 is 5.32 Å².